The van der Waals surface area contributed by atoms with Crippen molar-refractivity contribution in [3.05, 3.63) is 60.0 Å². The molecule has 3 rings (SSSR count). The van der Waals surface area contributed by atoms with E-state index in [1.54, 1.807) is 12.1 Å². The Bertz CT molecular complexity index is 766. The van der Waals surface area contributed by atoms with Crippen LogP contribution in [0.2, 0.25) is 0 Å². The van der Waals surface area contributed by atoms with Gasteiger partial charge in [-0.3, -0.25) is 4.40 Å². The summed E-state index contributed by atoms with van der Waals surface area (Å²) in [7, 11) is 0. The molecule has 5 heteroatoms. The van der Waals surface area contributed by atoms with E-state index in [1.165, 1.54) is 0 Å². The molecule has 114 valence electrons. The summed E-state index contributed by atoms with van der Waals surface area (Å²) in [6.45, 7) is 4.98. The topological polar surface area (TPSA) is 62.5 Å². The van der Waals surface area contributed by atoms with Gasteiger partial charge in [0.25, 0.3) is 0 Å². The summed E-state index contributed by atoms with van der Waals surface area (Å²) in [5.74, 6) is 1.56. The molecule has 0 aliphatic heterocycles. The van der Waals surface area contributed by atoms with Gasteiger partial charge in [0.2, 0.25) is 0 Å². The van der Waals surface area contributed by atoms with Crippen molar-refractivity contribution in [3.8, 4) is 5.75 Å². The van der Waals surface area contributed by atoms with E-state index in [2.05, 4.69) is 29.4 Å². The van der Waals surface area contributed by atoms with Gasteiger partial charge in [-0.2, -0.15) is 0 Å². The Kier molecular flexibility index (Phi) is 4.06. The van der Waals surface area contributed by atoms with Crippen LogP contribution in [0.4, 0.5) is 0 Å². The van der Waals surface area contributed by atoms with Crippen molar-refractivity contribution >= 4 is 5.65 Å². The van der Waals surface area contributed by atoms with Crippen molar-refractivity contribution in [2.24, 2.45) is 5.92 Å². The van der Waals surface area contributed by atoms with Gasteiger partial charge in [-0.05, 0) is 35.7 Å². The number of pyridine rings is 1. The van der Waals surface area contributed by atoms with E-state index in [-0.39, 0.29) is 11.8 Å². The summed E-state index contributed by atoms with van der Waals surface area (Å²) in [6.07, 6.45) is 1.98. The summed E-state index contributed by atoms with van der Waals surface area (Å²) in [5.41, 5.74) is 1.89. The first-order valence-corrected chi connectivity index (χ1v) is 7.46. The molecule has 2 heterocycles. The van der Waals surface area contributed by atoms with E-state index < -0.39 is 0 Å². The molecule has 22 heavy (non-hydrogen) atoms. The van der Waals surface area contributed by atoms with Crippen LogP contribution in [-0.4, -0.2) is 19.7 Å². The normalized spacial score (nSPS) is 12.9. The number of nitrogens with one attached hydrogen (secondary N) is 1. The Labute approximate surface area is 129 Å². The molecule has 3 aromatic rings. The molecule has 0 saturated carbocycles. The number of aromatic hydroxyl groups is 1. The molecular formula is C17H20N4O. The van der Waals surface area contributed by atoms with Crippen molar-refractivity contribution in [2.45, 2.75) is 26.4 Å². The predicted octanol–water partition coefficient (Wildman–Crippen LogP) is 2.92. The van der Waals surface area contributed by atoms with Crippen molar-refractivity contribution in [1.29, 1.82) is 0 Å². The minimum absolute atomic E-state index is 0.0831. The smallest absolute Gasteiger partial charge is 0.160 e. The quantitative estimate of drug-likeness (QED) is 0.760. The molecule has 0 bridgehead atoms. The highest BCUT2D eigenvalue weighted by Gasteiger charge is 2.21. The standard InChI is InChI=1S/C17H20N4O/c1-12(2)16(18-11-13-6-5-7-14(22)10-13)17-20-19-15-8-3-4-9-21(15)17/h3-10,12,16,18,22H,11H2,1-2H3. The number of benzene rings is 1. The number of rotatable bonds is 5. The maximum atomic E-state index is 9.56. The summed E-state index contributed by atoms with van der Waals surface area (Å²) in [4.78, 5) is 0. The predicted molar refractivity (Wildman–Crippen MR) is 85.5 cm³/mol. The van der Waals surface area contributed by atoms with Crippen LogP contribution in [0.15, 0.2) is 48.7 Å². The second kappa shape index (κ2) is 6.15. The summed E-state index contributed by atoms with van der Waals surface area (Å²) < 4.78 is 2.01. The number of nitrogens with zero attached hydrogens (tertiary/aromatic N) is 3. The van der Waals surface area contributed by atoms with E-state index in [0.29, 0.717) is 12.5 Å². The monoisotopic (exact) mass is 296 g/mol. The number of fused-ring (bicyclic) bond motifs is 1. The van der Waals surface area contributed by atoms with E-state index >= 15 is 0 Å². The third-order valence-corrected chi connectivity index (χ3v) is 3.72. The van der Waals surface area contributed by atoms with Crippen LogP contribution in [0.5, 0.6) is 5.75 Å². The molecule has 0 aliphatic rings. The zero-order valence-corrected chi connectivity index (χ0v) is 12.8. The molecule has 5 nitrogen and oxygen atoms in total. The fourth-order valence-electron chi connectivity index (χ4n) is 2.59. The first-order valence-electron chi connectivity index (χ1n) is 7.46. The van der Waals surface area contributed by atoms with Crippen LogP contribution in [0.3, 0.4) is 0 Å². The van der Waals surface area contributed by atoms with E-state index in [4.69, 9.17) is 0 Å². The van der Waals surface area contributed by atoms with Gasteiger partial charge in [-0.25, -0.2) is 0 Å². The first-order chi connectivity index (χ1) is 10.6. The van der Waals surface area contributed by atoms with Crippen LogP contribution in [0.1, 0.15) is 31.3 Å². The van der Waals surface area contributed by atoms with E-state index in [1.807, 2.05) is 40.9 Å². The van der Waals surface area contributed by atoms with Gasteiger partial charge in [-0.15, -0.1) is 10.2 Å². The Hall–Kier alpha value is -2.40. The van der Waals surface area contributed by atoms with Crippen LogP contribution in [-0.2, 0) is 6.54 Å². The van der Waals surface area contributed by atoms with Crippen molar-refractivity contribution in [3.63, 3.8) is 0 Å². The summed E-state index contributed by atoms with van der Waals surface area (Å²) in [5, 5.41) is 21.7. The van der Waals surface area contributed by atoms with Gasteiger partial charge in [-0.1, -0.05) is 32.0 Å². The highest BCUT2D eigenvalue weighted by atomic mass is 16.3. The molecule has 1 aromatic carbocycles. The van der Waals surface area contributed by atoms with Gasteiger partial charge in [0, 0.05) is 12.7 Å². The fraction of sp³-hybridized carbons (Fsp3) is 0.294. The molecular weight excluding hydrogens is 276 g/mol. The highest BCUT2D eigenvalue weighted by Crippen LogP contribution is 2.21. The highest BCUT2D eigenvalue weighted by molar-refractivity contribution is 5.37. The first kappa shape index (κ1) is 14.5. The van der Waals surface area contributed by atoms with Crippen LogP contribution < -0.4 is 5.32 Å². The van der Waals surface area contributed by atoms with Crippen LogP contribution >= 0.6 is 0 Å². The third-order valence-electron chi connectivity index (χ3n) is 3.72. The van der Waals surface area contributed by atoms with Crippen molar-refractivity contribution in [2.75, 3.05) is 0 Å². The lowest BCUT2D eigenvalue weighted by Gasteiger charge is -2.21. The largest absolute Gasteiger partial charge is 0.508 e. The molecule has 2 N–H and O–H groups in total. The molecule has 0 radical (unpaired) electrons. The minimum atomic E-state index is 0.0831. The molecule has 1 unspecified atom stereocenters. The number of aromatic nitrogens is 3. The molecule has 1 atom stereocenters. The van der Waals surface area contributed by atoms with Gasteiger partial charge >= 0.3 is 0 Å². The van der Waals surface area contributed by atoms with Crippen molar-refractivity contribution in [1.82, 2.24) is 19.9 Å². The van der Waals surface area contributed by atoms with E-state index in [0.717, 1.165) is 17.0 Å². The van der Waals surface area contributed by atoms with Gasteiger partial charge in [0.1, 0.15) is 5.75 Å². The maximum Gasteiger partial charge on any atom is 0.160 e. The zero-order chi connectivity index (χ0) is 15.5. The minimum Gasteiger partial charge on any atom is -0.508 e. The molecule has 0 amide bonds. The Morgan fingerprint density at radius 3 is 2.77 bits per heavy atom. The molecule has 2 aromatic heterocycles. The van der Waals surface area contributed by atoms with Gasteiger partial charge < -0.3 is 10.4 Å². The third kappa shape index (κ3) is 2.94. The number of hydrogen-bond donors (Lipinski definition) is 2. The average Bonchev–Trinajstić information content (AvgIpc) is 2.91. The fourth-order valence-corrected chi connectivity index (χ4v) is 2.59. The Balaban J connectivity index is 1.84. The lowest BCUT2D eigenvalue weighted by molar-refractivity contribution is 0.389. The molecule has 0 spiro atoms. The van der Waals surface area contributed by atoms with Gasteiger partial charge in [0.05, 0.1) is 6.04 Å². The SMILES string of the molecule is CC(C)C(NCc1cccc(O)c1)c1nnc2ccccn12. The second-order valence-corrected chi connectivity index (χ2v) is 5.76. The molecule has 0 saturated heterocycles. The summed E-state index contributed by atoms with van der Waals surface area (Å²) in [6, 6.07) is 13.3. The Morgan fingerprint density at radius 1 is 1.14 bits per heavy atom. The average molecular weight is 296 g/mol. The molecule has 0 fully saturated rings. The van der Waals surface area contributed by atoms with Crippen LogP contribution in [0, 0.1) is 5.92 Å². The zero-order valence-electron chi connectivity index (χ0n) is 12.8. The summed E-state index contributed by atoms with van der Waals surface area (Å²) >= 11 is 0. The lowest BCUT2D eigenvalue weighted by atomic mass is 10.0. The van der Waals surface area contributed by atoms with Gasteiger partial charge in [0.15, 0.2) is 11.5 Å². The second-order valence-electron chi connectivity index (χ2n) is 5.76. The van der Waals surface area contributed by atoms with Crippen molar-refractivity contribution < 1.29 is 5.11 Å². The molecule has 0 aliphatic carbocycles. The maximum absolute atomic E-state index is 9.56. The van der Waals surface area contributed by atoms with Crippen LogP contribution in [0.25, 0.3) is 5.65 Å². The number of phenolic OH excluding ortho intramolecular Hbond substituents is 1. The number of hydrogen-bond acceptors (Lipinski definition) is 4. The Morgan fingerprint density at radius 2 is 2.00 bits per heavy atom. The lowest BCUT2D eigenvalue weighted by Crippen LogP contribution is -2.27. The van der Waals surface area contributed by atoms with E-state index in [9.17, 15) is 5.11 Å². The number of phenols is 1.